The van der Waals surface area contributed by atoms with Crippen LogP contribution in [0.2, 0.25) is 5.02 Å². The molecule has 0 aliphatic heterocycles. The average molecular weight is 474 g/mol. The third-order valence-corrected chi connectivity index (χ3v) is 4.73. The molecule has 0 fully saturated rings. The van der Waals surface area contributed by atoms with Crippen LogP contribution in [0.3, 0.4) is 0 Å². The van der Waals surface area contributed by atoms with Gasteiger partial charge in [0, 0.05) is 21.4 Å². The fourth-order valence-corrected chi connectivity index (χ4v) is 3.32. The summed E-state index contributed by atoms with van der Waals surface area (Å²) in [7, 11) is 0. The normalized spacial score (nSPS) is 10.3. The van der Waals surface area contributed by atoms with E-state index in [2.05, 4.69) is 26.6 Å². The molecule has 5 nitrogen and oxygen atoms in total. The lowest BCUT2D eigenvalue weighted by Gasteiger charge is -2.10. The van der Waals surface area contributed by atoms with Gasteiger partial charge in [0.05, 0.1) is 5.02 Å². The standard InChI is InChI=1S/C22H18BrClN2O3/c1-14-4-2-6-17(10-14)26-22(28)15-5-3-7-18(11-15)25-21(27)13-29-20-9-8-16(23)12-19(20)24/h2-12H,13H2,1H3,(H,25,27)(H,26,28). The summed E-state index contributed by atoms with van der Waals surface area (Å²) in [6.45, 7) is 1.75. The van der Waals surface area contributed by atoms with Gasteiger partial charge in [0.1, 0.15) is 5.75 Å². The number of rotatable bonds is 6. The van der Waals surface area contributed by atoms with Crippen molar-refractivity contribution >= 4 is 50.7 Å². The quantitative estimate of drug-likeness (QED) is 0.484. The average Bonchev–Trinajstić information content (AvgIpc) is 2.67. The van der Waals surface area contributed by atoms with E-state index in [0.717, 1.165) is 10.0 Å². The Bertz CT molecular complexity index is 1060. The Labute approximate surface area is 182 Å². The fraction of sp³-hybridized carbons (Fsp3) is 0.0909. The van der Waals surface area contributed by atoms with E-state index in [9.17, 15) is 9.59 Å². The third kappa shape index (κ3) is 6.07. The Morgan fingerprint density at radius 2 is 1.69 bits per heavy atom. The zero-order chi connectivity index (χ0) is 20.8. The number of aryl methyl sites for hydroxylation is 1. The Morgan fingerprint density at radius 3 is 2.41 bits per heavy atom. The molecule has 0 atom stereocenters. The van der Waals surface area contributed by atoms with Gasteiger partial charge in [-0.1, -0.05) is 45.7 Å². The van der Waals surface area contributed by atoms with Crippen molar-refractivity contribution in [3.8, 4) is 5.75 Å². The van der Waals surface area contributed by atoms with Crippen molar-refractivity contribution in [1.29, 1.82) is 0 Å². The summed E-state index contributed by atoms with van der Waals surface area (Å²) in [5.41, 5.74) is 2.69. The maximum atomic E-state index is 12.5. The Balaban J connectivity index is 1.60. The molecule has 0 saturated heterocycles. The van der Waals surface area contributed by atoms with Crippen LogP contribution in [0.25, 0.3) is 0 Å². The second kappa shape index (κ2) is 9.58. The van der Waals surface area contributed by atoms with Gasteiger partial charge in [-0.2, -0.15) is 0 Å². The lowest BCUT2D eigenvalue weighted by Crippen LogP contribution is -2.20. The minimum atomic E-state index is -0.361. The molecule has 2 N–H and O–H groups in total. The molecule has 0 bridgehead atoms. The molecule has 2 amide bonds. The molecule has 3 aromatic carbocycles. The van der Waals surface area contributed by atoms with E-state index in [1.165, 1.54) is 0 Å². The van der Waals surface area contributed by atoms with Gasteiger partial charge < -0.3 is 15.4 Å². The summed E-state index contributed by atoms with van der Waals surface area (Å²) in [6.07, 6.45) is 0. The second-order valence-electron chi connectivity index (χ2n) is 6.32. The Kier molecular flexibility index (Phi) is 6.90. The number of anilines is 2. The summed E-state index contributed by atoms with van der Waals surface area (Å²) >= 11 is 9.39. The van der Waals surface area contributed by atoms with Crippen LogP contribution in [-0.4, -0.2) is 18.4 Å². The molecule has 7 heteroatoms. The summed E-state index contributed by atoms with van der Waals surface area (Å²) in [4.78, 5) is 24.7. The van der Waals surface area contributed by atoms with Gasteiger partial charge in [0.25, 0.3) is 11.8 Å². The molecule has 3 rings (SSSR count). The van der Waals surface area contributed by atoms with Crippen molar-refractivity contribution in [2.45, 2.75) is 6.92 Å². The van der Waals surface area contributed by atoms with Crippen molar-refractivity contribution in [2.75, 3.05) is 17.2 Å². The zero-order valence-electron chi connectivity index (χ0n) is 15.5. The van der Waals surface area contributed by atoms with E-state index in [4.69, 9.17) is 16.3 Å². The molecule has 0 aromatic heterocycles. The van der Waals surface area contributed by atoms with Gasteiger partial charge in [-0.3, -0.25) is 9.59 Å². The molecule has 0 heterocycles. The number of hydrogen-bond acceptors (Lipinski definition) is 3. The van der Waals surface area contributed by atoms with Gasteiger partial charge >= 0.3 is 0 Å². The number of amides is 2. The number of benzene rings is 3. The Hall–Kier alpha value is -2.83. The van der Waals surface area contributed by atoms with Crippen LogP contribution in [0.4, 0.5) is 11.4 Å². The summed E-state index contributed by atoms with van der Waals surface area (Å²) < 4.78 is 6.27. The van der Waals surface area contributed by atoms with Crippen LogP contribution in [0.5, 0.6) is 5.75 Å². The molecule has 3 aromatic rings. The molecule has 148 valence electrons. The highest BCUT2D eigenvalue weighted by Crippen LogP contribution is 2.27. The number of nitrogens with one attached hydrogen (secondary N) is 2. The maximum Gasteiger partial charge on any atom is 0.262 e. The predicted molar refractivity (Wildman–Crippen MR) is 119 cm³/mol. The molecule has 0 aliphatic carbocycles. The highest BCUT2D eigenvalue weighted by atomic mass is 79.9. The Morgan fingerprint density at radius 1 is 0.966 bits per heavy atom. The third-order valence-electron chi connectivity index (χ3n) is 3.94. The second-order valence-corrected chi connectivity index (χ2v) is 7.64. The van der Waals surface area contributed by atoms with Crippen LogP contribution in [-0.2, 0) is 4.79 Å². The van der Waals surface area contributed by atoms with E-state index >= 15 is 0 Å². The fourth-order valence-electron chi connectivity index (χ4n) is 2.60. The van der Waals surface area contributed by atoms with E-state index in [1.54, 1.807) is 42.5 Å². The monoisotopic (exact) mass is 472 g/mol. The number of carbonyl (C=O) groups excluding carboxylic acids is 2. The minimum Gasteiger partial charge on any atom is -0.482 e. The van der Waals surface area contributed by atoms with Gasteiger partial charge in [-0.15, -0.1) is 0 Å². The maximum absolute atomic E-state index is 12.5. The number of carbonyl (C=O) groups is 2. The first kappa shape index (κ1) is 20.9. The van der Waals surface area contributed by atoms with Crippen LogP contribution in [0.15, 0.2) is 71.2 Å². The van der Waals surface area contributed by atoms with Gasteiger partial charge in [-0.05, 0) is 61.0 Å². The topological polar surface area (TPSA) is 67.4 Å². The number of halogens is 2. The first-order valence-electron chi connectivity index (χ1n) is 8.76. The van der Waals surface area contributed by atoms with E-state index < -0.39 is 0 Å². The lowest BCUT2D eigenvalue weighted by molar-refractivity contribution is -0.118. The van der Waals surface area contributed by atoms with E-state index in [0.29, 0.717) is 27.7 Å². The lowest BCUT2D eigenvalue weighted by atomic mass is 10.1. The first-order valence-corrected chi connectivity index (χ1v) is 9.93. The molecule has 0 aliphatic rings. The highest BCUT2D eigenvalue weighted by Gasteiger charge is 2.10. The van der Waals surface area contributed by atoms with Gasteiger partial charge in [0.2, 0.25) is 0 Å². The molecule has 0 saturated carbocycles. The molecule has 0 spiro atoms. The van der Waals surface area contributed by atoms with Crippen LogP contribution < -0.4 is 15.4 Å². The van der Waals surface area contributed by atoms with E-state index in [1.807, 2.05) is 31.2 Å². The van der Waals surface area contributed by atoms with Crippen molar-refractivity contribution in [2.24, 2.45) is 0 Å². The van der Waals surface area contributed by atoms with Crippen LogP contribution in [0.1, 0.15) is 15.9 Å². The molecule has 29 heavy (non-hydrogen) atoms. The SMILES string of the molecule is Cc1cccc(NC(=O)c2cccc(NC(=O)COc3ccc(Br)cc3Cl)c2)c1. The van der Waals surface area contributed by atoms with Crippen molar-refractivity contribution in [1.82, 2.24) is 0 Å². The van der Waals surface area contributed by atoms with Gasteiger partial charge in [0.15, 0.2) is 6.61 Å². The van der Waals surface area contributed by atoms with Crippen LogP contribution >= 0.6 is 27.5 Å². The number of ether oxygens (including phenoxy) is 1. The zero-order valence-corrected chi connectivity index (χ0v) is 17.9. The summed E-state index contributed by atoms with van der Waals surface area (Å²) in [5.74, 6) is -0.207. The largest absolute Gasteiger partial charge is 0.482 e. The molecular weight excluding hydrogens is 456 g/mol. The van der Waals surface area contributed by atoms with Crippen LogP contribution in [0, 0.1) is 6.92 Å². The predicted octanol–water partition coefficient (Wildman–Crippen LogP) is 5.68. The minimum absolute atomic E-state index is 0.207. The molecule has 0 unspecified atom stereocenters. The first-order chi connectivity index (χ1) is 13.9. The van der Waals surface area contributed by atoms with Crippen molar-refractivity contribution in [3.63, 3.8) is 0 Å². The molecular formula is C22H18BrClN2O3. The van der Waals surface area contributed by atoms with Gasteiger partial charge in [-0.25, -0.2) is 0 Å². The van der Waals surface area contributed by atoms with Crippen molar-refractivity contribution in [3.05, 3.63) is 87.4 Å². The highest BCUT2D eigenvalue weighted by molar-refractivity contribution is 9.10. The summed E-state index contributed by atoms with van der Waals surface area (Å²) in [6, 6.07) is 19.4. The number of hydrogen-bond donors (Lipinski definition) is 2. The van der Waals surface area contributed by atoms with E-state index in [-0.39, 0.29) is 18.4 Å². The molecule has 0 radical (unpaired) electrons. The summed E-state index contributed by atoms with van der Waals surface area (Å²) in [5, 5.41) is 5.96. The van der Waals surface area contributed by atoms with Crippen molar-refractivity contribution < 1.29 is 14.3 Å². The smallest absolute Gasteiger partial charge is 0.262 e.